The molecule has 0 aliphatic carbocycles. The minimum atomic E-state index is -4.24. The highest BCUT2D eigenvalue weighted by atomic mass is 32.1. The summed E-state index contributed by atoms with van der Waals surface area (Å²) in [5.41, 5.74) is 7.11. The molecule has 4 heterocycles. The van der Waals surface area contributed by atoms with Gasteiger partial charge in [0.25, 0.3) is 0 Å². The highest BCUT2D eigenvalue weighted by molar-refractivity contribution is 7.18. The number of halogens is 3. The largest absolute Gasteiger partial charge is 0.393 e. The summed E-state index contributed by atoms with van der Waals surface area (Å²) in [7, 11) is 0. The van der Waals surface area contributed by atoms with E-state index in [1.807, 2.05) is 12.1 Å². The lowest BCUT2D eigenvalue weighted by molar-refractivity contribution is -0.126. The highest BCUT2D eigenvalue weighted by Crippen LogP contribution is 2.43. The van der Waals surface area contributed by atoms with Gasteiger partial charge in [0.2, 0.25) is 5.91 Å². The summed E-state index contributed by atoms with van der Waals surface area (Å²) in [5, 5.41) is 0.711. The number of nitrogens with zero attached hydrogens (tertiary/aromatic N) is 4. The summed E-state index contributed by atoms with van der Waals surface area (Å²) in [6.07, 6.45) is -1.63. The van der Waals surface area contributed by atoms with Crippen molar-refractivity contribution in [3.63, 3.8) is 0 Å². The number of amides is 1. The van der Waals surface area contributed by atoms with E-state index in [0.29, 0.717) is 15.8 Å². The van der Waals surface area contributed by atoms with Crippen LogP contribution in [0, 0.1) is 5.41 Å². The molecular weight excluding hydrogens is 451 g/mol. The van der Waals surface area contributed by atoms with E-state index < -0.39 is 18.5 Å². The summed E-state index contributed by atoms with van der Waals surface area (Å²) < 4.78 is 38.6. The van der Waals surface area contributed by atoms with Gasteiger partial charge in [-0.05, 0) is 43.1 Å². The quantitative estimate of drug-likeness (QED) is 0.604. The Balaban J connectivity index is 1.28. The van der Waals surface area contributed by atoms with E-state index in [1.165, 1.54) is 6.33 Å². The second-order valence-corrected chi connectivity index (χ2v) is 10.2. The van der Waals surface area contributed by atoms with Gasteiger partial charge in [0, 0.05) is 42.0 Å². The van der Waals surface area contributed by atoms with Crippen LogP contribution in [0.4, 0.5) is 19.0 Å². The third-order valence-corrected chi connectivity index (χ3v) is 7.68. The maximum absolute atomic E-state index is 12.9. The van der Waals surface area contributed by atoms with Crippen LogP contribution in [0.3, 0.4) is 0 Å². The first-order valence-electron chi connectivity index (χ1n) is 10.9. The summed E-state index contributed by atoms with van der Waals surface area (Å²) >= 11 is 1.09. The van der Waals surface area contributed by atoms with E-state index in [2.05, 4.69) is 19.8 Å². The average molecular weight is 476 g/mol. The first-order valence-corrected chi connectivity index (χ1v) is 11.7. The van der Waals surface area contributed by atoms with Gasteiger partial charge in [0.1, 0.15) is 17.0 Å². The standard InChI is InChI=1S/C23H24F3N5OS/c24-23(25,26)10-17-9-18-20(28-14-29-21(18)33-17)31-8-6-22(13-31)5-7-30(12-22)11-15-1-3-16(4-2-15)19(27)32/h1-4,9,14H,5-8,10-13H2,(H2,27,32)/t22-/m1/s1. The number of rotatable bonds is 5. The van der Waals surface area contributed by atoms with Crippen molar-refractivity contribution in [1.29, 1.82) is 0 Å². The number of aromatic nitrogens is 2. The van der Waals surface area contributed by atoms with Gasteiger partial charge >= 0.3 is 6.18 Å². The number of anilines is 1. The van der Waals surface area contributed by atoms with Crippen molar-refractivity contribution in [2.45, 2.75) is 32.0 Å². The van der Waals surface area contributed by atoms with Crippen LogP contribution in [0.1, 0.15) is 33.6 Å². The molecule has 2 N–H and O–H groups in total. The van der Waals surface area contributed by atoms with Gasteiger partial charge in [0.05, 0.1) is 11.8 Å². The number of likely N-dealkylation sites (tertiary alicyclic amines) is 1. The van der Waals surface area contributed by atoms with Crippen LogP contribution < -0.4 is 10.6 Å². The molecule has 1 spiro atoms. The van der Waals surface area contributed by atoms with Crippen molar-refractivity contribution in [2.75, 3.05) is 31.1 Å². The van der Waals surface area contributed by atoms with Crippen LogP contribution in [0.5, 0.6) is 0 Å². The van der Waals surface area contributed by atoms with Crippen molar-refractivity contribution < 1.29 is 18.0 Å². The van der Waals surface area contributed by atoms with Gasteiger partial charge < -0.3 is 10.6 Å². The number of alkyl halides is 3. The maximum atomic E-state index is 12.9. The molecule has 5 rings (SSSR count). The number of nitrogens with two attached hydrogens (primary N) is 1. The van der Waals surface area contributed by atoms with E-state index in [1.54, 1.807) is 18.2 Å². The fourth-order valence-corrected chi connectivity index (χ4v) is 6.09. The molecule has 2 fully saturated rings. The van der Waals surface area contributed by atoms with Crippen LogP contribution in [0.15, 0.2) is 36.7 Å². The van der Waals surface area contributed by atoms with Crippen molar-refractivity contribution in [3.05, 3.63) is 52.7 Å². The molecule has 0 saturated carbocycles. The second-order valence-electron chi connectivity index (χ2n) is 9.11. The van der Waals surface area contributed by atoms with Gasteiger partial charge in [-0.15, -0.1) is 11.3 Å². The Labute approximate surface area is 193 Å². The fraction of sp³-hybridized carbons (Fsp3) is 0.435. The minimum absolute atomic E-state index is 0.148. The summed E-state index contributed by atoms with van der Waals surface area (Å²) in [4.78, 5) is 25.4. The monoisotopic (exact) mass is 475 g/mol. The first-order chi connectivity index (χ1) is 15.7. The number of hydrogen-bond acceptors (Lipinski definition) is 6. The average Bonchev–Trinajstić information content (AvgIpc) is 3.45. The Hall–Kier alpha value is -2.72. The normalized spacial score (nSPS) is 21.5. The zero-order valence-electron chi connectivity index (χ0n) is 17.9. The molecule has 33 heavy (non-hydrogen) atoms. The van der Waals surface area contributed by atoms with E-state index in [-0.39, 0.29) is 10.3 Å². The SMILES string of the molecule is NC(=O)c1ccc(CN2CC[C@@]3(CCN(c4ncnc5sc(CC(F)(F)F)cc45)C3)C2)cc1. The van der Waals surface area contributed by atoms with Gasteiger partial charge in [0.15, 0.2) is 0 Å². The minimum Gasteiger partial charge on any atom is -0.366 e. The van der Waals surface area contributed by atoms with E-state index >= 15 is 0 Å². The predicted octanol–water partition coefficient (Wildman–Crippen LogP) is 4.00. The molecule has 2 aliphatic heterocycles. The molecule has 2 aromatic heterocycles. The molecule has 1 aromatic carbocycles. The number of thiophene rings is 1. The lowest BCUT2D eigenvalue weighted by Crippen LogP contribution is -2.31. The van der Waals surface area contributed by atoms with Crippen LogP contribution in [0.2, 0.25) is 0 Å². The lowest BCUT2D eigenvalue weighted by atomic mass is 9.86. The maximum Gasteiger partial charge on any atom is 0.393 e. The molecule has 0 bridgehead atoms. The van der Waals surface area contributed by atoms with Crippen LogP contribution in [0.25, 0.3) is 10.2 Å². The smallest absolute Gasteiger partial charge is 0.366 e. The van der Waals surface area contributed by atoms with Crippen LogP contribution in [-0.4, -0.2) is 53.1 Å². The number of fused-ring (bicyclic) bond motifs is 1. The molecular formula is C23H24F3N5OS. The Morgan fingerprint density at radius 3 is 2.61 bits per heavy atom. The molecule has 2 saturated heterocycles. The van der Waals surface area contributed by atoms with Gasteiger partial charge in [-0.1, -0.05) is 12.1 Å². The van der Waals surface area contributed by atoms with Crippen molar-refractivity contribution in [2.24, 2.45) is 11.1 Å². The first kappa shape index (κ1) is 22.1. The lowest BCUT2D eigenvalue weighted by Gasteiger charge is -2.25. The third-order valence-electron chi connectivity index (χ3n) is 6.63. The molecule has 6 nitrogen and oxygen atoms in total. The molecule has 174 valence electrons. The zero-order valence-corrected chi connectivity index (χ0v) is 18.8. The summed E-state index contributed by atoms with van der Waals surface area (Å²) in [6, 6.07) is 9.01. The molecule has 2 aliphatic rings. The van der Waals surface area contributed by atoms with E-state index in [9.17, 15) is 18.0 Å². The molecule has 1 atom stereocenters. The Bertz CT molecular complexity index is 1180. The molecule has 10 heteroatoms. The predicted molar refractivity (Wildman–Crippen MR) is 121 cm³/mol. The van der Waals surface area contributed by atoms with Gasteiger partial charge in [-0.25, -0.2) is 9.97 Å². The topological polar surface area (TPSA) is 75.4 Å². The number of benzene rings is 1. The van der Waals surface area contributed by atoms with Gasteiger partial charge in [-0.2, -0.15) is 13.2 Å². The van der Waals surface area contributed by atoms with Crippen molar-refractivity contribution >= 4 is 33.3 Å². The molecule has 0 unspecified atom stereocenters. The van der Waals surface area contributed by atoms with Crippen LogP contribution >= 0.6 is 11.3 Å². The number of primary amides is 1. The number of carbonyl (C=O) groups excluding carboxylic acids is 1. The van der Waals surface area contributed by atoms with Crippen molar-refractivity contribution in [1.82, 2.24) is 14.9 Å². The molecule has 0 radical (unpaired) electrons. The summed E-state index contributed by atoms with van der Waals surface area (Å²) in [6.45, 7) is 4.42. The van der Waals surface area contributed by atoms with E-state index in [4.69, 9.17) is 5.73 Å². The third kappa shape index (κ3) is 4.67. The Morgan fingerprint density at radius 2 is 1.88 bits per heavy atom. The van der Waals surface area contributed by atoms with E-state index in [0.717, 1.165) is 68.3 Å². The number of carbonyl (C=O) groups is 1. The highest BCUT2D eigenvalue weighted by Gasteiger charge is 2.44. The fourth-order valence-electron chi connectivity index (χ4n) is 5.07. The Morgan fingerprint density at radius 1 is 1.12 bits per heavy atom. The molecule has 3 aromatic rings. The zero-order chi connectivity index (χ0) is 23.2. The van der Waals surface area contributed by atoms with Gasteiger partial charge in [-0.3, -0.25) is 9.69 Å². The number of hydrogen-bond donors (Lipinski definition) is 1. The van der Waals surface area contributed by atoms with Crippen LogP contribution in [-0.2, 0) is 13.0 Å². The summed E-state index contributed by atoms with van der Waals surface area (Å²) in [5.74, 6) is 0.310. The van der Waals surface area contributed by atoms with Crippen molar-refractivity contribution in [3.8, 4) is 0 Å². The second kappa shape index (κ2) is 8.25. The molecule has 1 amide bonds. The Kier molecular flexibility index (Phi) is 5.52.